The molecule has 1 aromatic heterocycles. The number of hydrogen-bond acceptors (Lipinski definition) is 8. The molecule has 8 nitrogen and oxygen atoms in total. The largest absolute Gasteiger partial charge is 0.396 e. The summed E-state index contributed by atoms with van der Waals surface area (Å²) < 4.78 is 0. The third-order valence-electron chi connectivity index (χ3n) is 3.81. The molecule has 0 spiro atoms. The average Bonchev–Trinajstić information content (AvgIpc) is 3.04. The van der Waals surface area contributed by atoms with Crippen molar-refractivity contribution in [3.05, 3.63) is 11.6 Å². The van der Waals surface area contributed by atoms with Gasteiger partial charge in [-0.1, -0.05) is 12.8 Å². The van der Waals surface area contributed by atoms with E-state index in [0.29, 0.717) is 11.6 Å². The Morgan fingerprint density at radius 1 is 0.952 bits per heavy atom. The normalized spacial score (nSPS) is 15.9. The fourth-order valence-corrected chi connectivity index (χ4v) is 2.48. The molecule has 0 aromatic carbocycles. The first-order valence-electron chi connectivity index (χ1n) is 7.17. The van der Waals surface area contributed by atoms with Crippen LogP contribution in [-0.2, 0) is 0 Å². The van der Waals surface area contributed by atoms with E-state index in [0.717, 1.165) is 25.7 Å². The highest BCUT2D eigenvalue weighted by Gasteiger charge is 2.24. The Morgan fingerprint density at radius 2 is 1.57 bits per heavy atom. The molecule has 0 bridgehead atoms. The summed E-state index contributed by atoms with van der Waals surface area (Å²) in [7, 11) is 0. The van der Waals surface area contributed by atoms with Crippen LogP contribution in [0.4, 0.5) is 5.95 Å². The second-order valence-corrected chi connectivity index (χ2v) is 5.22. The van der Waals surface area contributed by atoms with Crippen molar-refractivity contribution in [2.45, 2.75) is 37.5 Å². The summed E-state index contributed by atoms with van der Waals surface area (Å²) >= 11 is 0. The summed E-state index contributed by atoms with van der Waals surface area (Å²) in [6, 6.07) is 0. The molecule has 1 fully saturated rings. The van der Waals surface area contributed by atoms with E-state index in [1.807, 2.05) is 0 Å². The quantitative estimate of drug-likeness (QED) is 0.488. The van der Waals surface area contributed by atoms with Gasteiger partial charge in [0.05, 0.1) is 19.1 Å². The van der Waals surface area contributed by atoms with Crippen LogP contribution in [0, 0.1) is 0 Å². The van der Waals surface area contributed by atoms with Crippen LogP contribution in [0.3, 0.4) is 0 Å². The Labute approximate surface area is 123 Å². The maximum absolute atomic E-state index is 9.31. The summed E-state index contributed by atoms with van der Waals surface area (Å²) in [4.78, 5) is 14.0. The zero-order valence-electron chi connectivity index (χ0n) is 11.9. The molecule has 0 aliphatic heterocycles. The first-order chi connectivity index (χ1) is 10.2. The smallest absolute Gasteiger partial charge is 0.232 e. The van der Waals surface area contributed by atoms with E-state index in [9.17, 15) is 20.4 Å². The highest BCUT2D eigenvalue weighted by Crippen LogP contribution is 2.33. The molecule has 1 aliphatic rings. The summed E-state index contributed by atoms with van der Waals surface area (Å²) in [5, 5.41) is 37.1. The Balaban J connectivity index is 2.39. The van der Waals surface area contributed by atoms with Crippen LogP contribution in [0.15, 0.2) is 0 Å². The second kappa shape index (κ2) is 7.60. The Hall–Kier alpha value is -1.35. The maximum atomic E-state index is 9.31. The number of aliphatic hydroxyl groups is 4. The fraction of sp³-hybridized carbons (Fsp3) is 0.769. The molecule has 1 aromatic rings. The summed E-state index contributed by atoms with van der Waals surface area (Å²) in [5.41, 5.74) is 0. The van der Waals surface area contributed by atoms with Gasteiger partial charge in [-0.15, -0.1) is 0 Å². The van der Waals surface area contributed by atoms with E-state index in [1.165, 1.54) is 4.90 Å². The lowest BCUT2D eigenvalue weighted by Gasteiger charge is -2.20. The number of anilines is 1. The SMILES string of the molecule is OCC(CO)c1nc(C2CCCC2)nc(N(CO)CO)n1. The van der Waals surface area contributed by atoms with Gasteiger partial charge in [0.25, 0.3) is 0 Å². The maximum Gasteiger partial charge on any atom is 0.232 e. The predicted octanol–water partition coefficient (Wildman–Crippen LogP) is -0.697. The van der Waals surface area contributed by atoms with Crippen molar-refractivity contribution in [2.75, 3.05) is 31.6 Å². The number of rotatable bonds is 7. The summed E-state index contributed by atoms with van der Waals surface area (Å²) in [6.07, 6.45) is 4.22. The number of aromatic nitrogens is 3. The third kappa shape index (κ3) is 3.65. The van der Waals surface area contributed by atoms with Gasteiger partial charge < -0.3 is 20.4 Å². The van der Waals surface area contributed by atoms with Crippen molar-refractivity contribution in [1.29, 1.82) is 0 Å². The van der Waals surface area contributed by atoms with E-state index in [-0.39, 0.29) is 25.1 Å². The van der Waals surface area contributed by atoms with E-state index >= 15 is 0 Å². The lowest BCUT2D eigenvalue weighted by molar-refractivity contribution is 0.187. The molecule has 0 atom stereocenters. The van der Waals surface area contributed by atoms with E-state index in [1.54, 1.807) is 0 Å². The average molecular weight is 298 g/mol. The molecule has 2 rings (SSSR count). The van der Waals surface area contributed by atoms with Gasteiger partial charge in [0, 0.05) is 5.92 Å². The van der Waals surface area contributed by atoms with Crippen molar-refractivity contribution < 1.29 is 20.4 Å². The molecule has 21 heavy (non-hydrogen) atoms. The molecule has 0 radical (unpaired) electrons. The van der Waals surface area contributed by atoms with Crippen molar-refractivity contribution in [3.8, 4) is 0 Å². The van der Waals surface area contributed by atoms with Gasteiger partial charge in [0.1, 0.15) is 25.1 Å². The topological polar surface area (TPSA) is 123 Å². The lowest BCUT2D eigenvalue weighted by atomic mass is 10.1. The van der Waals surface area contributed by atoms with E-state index in [2.05, 4.69) is 15.0 Å². The lowest BCUT2D eigenvalue weighted by Crippen LogP contribution is -2.29. The monoisotopic (exact) mass is 298 g/mol. The van der Waals surface area contributed by atoms with Crippen molar-refractivity contribution in [3.63, 3.8) is 0 Å². The van der Waals surface area contributed by atoms with Crippen LogP contribution in [-0.4, -0.2) is 62.1 Å². The highest BCUT2D eigenvalue weighted by atomic mass is 16.3. The predicted molar refractivity (Wildman–Crippen MR) is 74.6 cm³/mol. The van der Waals surface area contributed by atoms with Crippen LogP contribution >= 0.6 is 0 Å². The molecule has 1 heterocycles. The highest BCUT2D eigenvalue weighted by molar-refractivity contribution is 5.29. The minimum atomic E-state index is -0.592. The molecule has 0 unspecified atom stereocenters. The number of hydrogen-bond donors (Lipinski definition) is 4. The molecule has 0 saturated heterocycles. The van der Waals surface area contributed by atoms with E-state index in [4.69, 9.17) is 0 Å². The Kier molecular flexibility index (Phi) is 5.80. The van der Waals surface area contributed by atoms with Gasteiger partial charge in [-0.05, 0) is 12.8 Å². The van der Waals surface area contributed by atoms with Crippen molar-refractivity contribution >= 4 is 5.95 Å². The van der Waals surface area contributed by atoms with Crippen LogP contribution in [0.2, 0.25) is 0 Å². The standard InChI is InChI=1S/C13H22N4O4/c18-5-10(6-19)12-14-11(9-3-1-2-4-9)15-13(16-12)17(7-20)8-21/h9-10,18-21H,1-8H2. The molecule has 1 aliphatic carbocycles. The Bertz CT molecular complexity index is 385. The summed E-state index contributed by atoms with van der Waals surface area (Å²) in [6.45, 7) is -1.40. The minimum Gasteiger partial charge on any atom is -0.396 e. The number of nitrogens with zero attached hydrogens (tertiary/aromatic N) is 4. The first-order valence-corrected chi connectivity index (χ1v) is 7.17. The number of aliphatic hydroxyl groups excluding tert-OH is 4. The van der Waals surface area contributed by atoms with Gasteiger partial charge in [-0.2, -0.15) is 9.97 Å². The van der Waals surface area contributed by atoms with E-state index < -0.39 is 19.4 Å². The van der Waals surface area contributed by atoms with Crippen LogP contribution in [0.25, 0.3) is 0 Å². The Morgan fingerprint density at radius 3 is 2.10 bits per heavy atom. The van der Waals surface area contributed by atoms with Crippen molar-refractivity contribution in [2.24, 2.45) is 0 Å². The van der Waals surface area contributed by atoms with Gasteiger partial charge >= 0.3 is 0 Å². The molecule has 1 saturated carbocycles. The zero-order valence-corrected chi connectivity index (χ0v) is 11.9. The van der Waals surface area contributed by atoms with Gasteiger partial charge in [0.2, 0.25) is 5.95 Å². The zero-order chi connectivity index (χ0) is 15.2. The van der Waals surface area contributed by atoms with Gasteiger partial charge in [0.15, 0.2) is 0 Å². The molecular weight excluding hydrogens is 276 g/mol. The molecule has 8 heteroatoms. The van der Waals surface area contributed by atoms with Crippen LogP contribution < -0.4 is 4.90 Å². The molecular formula is C13H22N4O4. The summed E-state index contributed by atoms with van der Waals surface area (Å²) in [5.74, 6) is 0.692. The molecule has 4 N–H and O–H groups in total. The van der Waals surface area contributed by atoms with Gasteiger partial charge in [-0.25, -0.2) is 4.98 Å². The second-order valence-electron chi connectivity index (χ2n) is 5.22. The first kappa shape index (κ1) is 16.0. The van der Waals surface area contributed by atoms with Crippen LogP contribution in [0.1, 0.15) is 49.2 Å². The minimum absolute atomic E-state index is 0.166. The fourth-order valence-electron chi connectivity index (χ4n) is 2.48. The van der Waals surface area contributed by atoms with Crippen molar-refractivity contribution in [1.82, 2.24) is 15.0 Å². The molecule has 118 valence electrons. The van der Waals surface area contributed by atoms with Crippen LogP contribution in [0.5, 0.6) is 0 Å². The third-order valence-corrected chi connectivity index (χ3v) is 3.81. The van der Waals surface area contributed by atoms with Gasteiger partial charge in [-0.3, -0.25) is 4.90 Å². The molecule has 0 amide bonds.